The molecular formula is C44H40FN7O9. The maximum atomic E-state index is 15.5. The highest BCUT2D eigenvalue weighted by Gasteiger charge is 2.39. The molecule has 1 saturated heterocycles. The Morgan fingerprint density at radius 1 is 0.951 bits per heavy atom. The Hall–Kier alpha value is -7.40. The first kappa shape index (κ1) is 40.4. The minimum absolute atomic E-state index is 0.0162. The summed E-state index contributed by atoms with van der Waals surface area (Å²) < 4.78 is 34.5. The zero-order chi connectivity index (χ0) is 43.1. The summed E-state index contributed by atoms with van der Waals surface area (Å²) in [6.07, 6.45) is 1.30. The number of aryl methyl sites for hydroxylation is 2. The zero-order valence-corrected chi connectivity index (χ0v) is 33.5. The van der Waals surface area contributed by atoms with Crippen molar-refractivity contribution >= 4 is 56.8 Å². The maximum Gasteiger partial charge on any atom is 0.262 e. The summed E-state index contributed by atoms with van der Waals surface area (Å²) in [4.78, 5) is 74.8. The number of fused-ring (bicyclic) bond motifs is 3. The summed E-state index contributed by atoms with van der Waals surface area (Å²) in [5.74, 6) is -2.48. The largest absolute Gasteiger partial charge is 0.493 e. The van der Waals surface area contributed by atoms with Gasteiger partial charge in [0.05, 0.1) is 29.6 Å². The minimum Gasteiger partial charge on any atom is -0.493 e. The summed E-state index contributed by atoms with van der Waals surface area (Å²) in [7, 11) is 3.17. The van der Waals surface area contributed by atoms with Crippen LogP contribution in [0.15, 0.2) is 77.9 Å². The highest BCUT2D eigenvalue weighted by Crippen LogP contribution is 2.37. The quantitative estimate of drug-likeness (QED) is 0.135. The molecule has 2 aromatic heterocycles. The summed E-state index contributed by atoms with van der Waals surface area (Å²) in [6, 6.07) is 16.8. The van der Waals surface area contributed by atoms with Gasteiger partial charge in [0.1, 0.15) is 18.1 Å². The second-order valence-corrected chi connectivity index (χ2v) is 14.7. The Kier molecular flexibility index (Phi) is 10.8. The van der Waals surface area contributed by atoms with Gasteiger partial charge in [-0.25, -0.2) is 14.4 Å². The summed E-state index contributed by atoms with van der Waals surface area (Å²) in [5.41, 5.74) is 3.55. The number of aliphatic hydroxyl groups is 1. The van der Waals surface area contributed by atoms with E-state index in [4.69, 9.17) is 14.2 Å². The van der Waals surface area contributed by atoms with Gasteiger partial charge in [-0.3, -0.25) is 24.0 Å². The number of anilines is 2. The lowest BCUT2D eigenvalue weighted by molar-refractivity contribution is -0.129. The molecule has 2 atom stereocenters. The monoisotopic (exact) mass is 829 g/mol. The minimum atomic E-state index is -1.17. The summed E-state index contributed by atoms with van der Waals surface area (Å²) in [5, 5.41) is 18.9. The van der Waals surface area contributed by atoms with Crippen LogP contribution in [0.5, 0.6) is 23.1 Å². The molecule has 0 spiro atoms. The van der Waals surface area contributed by atoms with Crippen LogP contribution in [-0.4, -0.2) is 74.2 Å². The van der Waals surface area contributed by atoms with Gasteiger partial charge >= 0.3 is 0 Å². The molecule has 4 N–H and O–H groups in total. The number of carbonyl (C=O) groups excluding carboxylic acids is 4. The number of ether oxygens (including phenoxy) is 3. The van der Waals surface area contributed by atoms with Crippen molar-refractivity contribution in [2.45, 2.75) is 51.9 Å². The number of halogens is 1. The molecule has 8 rings (SSSR count). The van der Waals surface area contributed by atoms with Crippen LogP contribution in [0.25, 0.3) is 21.8 Å². The molecule has 2 unspecified atom stereocenters. The number of aromatic nitrogens is 3. The average Bonchev–Trinajstić information content (AvgIpc) is 3.57. The molecule has 0 aliphatic carbocycles. The van der Waals surface area contributed by atoms with E-state index in [-0.39, 0.29) is 59.2 Å². The molecule has 0 saturated carbocycles. The molecule has 2 aliphatic rings. The number of aliphatic hydroxyl groups excluding tert-OH is 1. The average molecular weight is 830 g/mol. The normalized spacial score (nSPS) is 16.0. The second-order valence-electron chi connectivity index (χ2n) is 14.7. The Morgan fingerprint density at radius 2 is 1.74 bits per heavy atom. The third-order valence-electron chi connectivity index (χ3n) is 11.0. The highest BCUT2D eigenvalue weighted by atomic mass is 19.1. The number of rotatable bonds is 11. The van der Waals surface area contributed by atoms with E-state index >= 15 is 4.39 Å². The number of nitrogens with one attached hydrogen (secondary N) is 3. The van der Waals surface area contributed by atoms with Crippen LogP contribution in [0.1, 0.15) is 57.3 Å². The number of amides is 4. The van der Waals surface area contributed by atoms with Gasteiger partial charge in [0.25, 0.3) is 17.7 Å². The van der Waals surface area contributed by atoms with Crippen molar-refractivity contribution in [1.29, 1.82) is 0 Å². The zero-order valence-electron chi connectivity index (χ0n) is 33.5. The standard InChI is InChI=1S/C44H40FN7O9/c1-5-23-6-10-32-29(14-23)40(55)39(22(2)51(32)3)42(57)49-26-9-12-34(30(45)16-26)61-43-28-17-35(59-4)36(18-31(28)46-21-47-43)60-20-38(54)48-25-8-7-24-19-52(44(58)27(24)15-25)33-11-13-37(53)50-41(33)56/h6-10,12,14-18,21,33,41,56H,5,11,13,19-20H2,1-4H3,(H,48,54)(H,49,57)(H,50,53). The second kappa shape index (κ2) is 16.3. The number of carbonyl (C=O) groups is 4. The van der Waals surface area contributed by atoms with Crippen molar-refractivity contribution in [1.82, 2.24) is 24.8 Å². The smallest absolute Gasteiger partial charge is 0.262 e. The Bertz CT molecular complexity index is 2860. The van der Waals surface area contributed by atoms with Crippen molar-refractivity contribution in [2.75, 3.05) is 24.4 Å². The molecule has 4 aromatic carbocycles. The number of benzene rings is 4. The Balaban J connectivity index is 0.933. The van der Waals surface area contributed by atoms with Gasteiger partial charge in [-0.1, -0.05) is 19.1 Å². The molecule has 0 radical (unpaired) electrons. The molecule has 4 amide bonds. The molecule has 0 bridgehead atoms. The maximum absolute atomic E-state index is 15.5. The van der Waals surface area contributed by atoms with Crippen molar-refractivity contribution < 1.29 is 42.9 Å². The van der Waals surface area contributed by atoms with Gasteiger partial charge in [-0.15, -0.1) is 0 Å². The van der Waals surface area contributed by atoms with E-state index in [0.29, 0.717) is 45.2 Å². The predicted octanol–water partition coefficient (Wildman–Crippen LogP) is 5.12. The third-order valence-corrected chi connectivity index (χ3v) is 11.0. The van der Waals surface area contributed by atoms with E-state index < -0.39 is 41.9 Å². The number of hydrogen-bond acceptors (Lipinski definition) is 11. The van der Waals surface area contributed by atoms with Crippen LogP contribution in [0.4, 0.5) is 15.8 Å². The highest BCUT2D eigenvalue weighted by molar-refractivity contribution is 6.07. The van der Waals surface area contributed by atoms with Gasteiger partial charge < -0.3 is 44.7 Å². The van der Waals surface area contributed by atoms with Crippen LogP contribution in [0, 0.1) is 12.7 Å². The van der Waals surface area contributed by atoms with E-state index in [2.05, 4.69) is 25.9 Å². The first-order valence-corrected chi connectivity index (χ1v) is 19.4. The van der Waals surface area contributed by atoms with E-state index in [1.165, 1.54) is 42.6 Å². The van der Waals surface area contributed by atoms with E-state index in [9.17, 15) is 29.1 Å². The van der Waals surface area contributed by atoms with Gasteiger partial charge in [0.15, 0.2) is 29.7 Å². The fraction of sp³-hybridized carbons (Fsp3) is 0.250. The molecular weight excluding hydrogens is 790 g/mol. The summed E-state index contributed by atoms with van der Waals surface area (Å²) >= 11 is 0. The van der Waals surface area contributed by atoms with Gasteiger partial charge in [-0.05, 0) is 73.4 Å². The lowest BCUT2D eigenvalue weighted by Crippen LogP contribution is -2.55. The Labute approximate surface area is 347 Å². The molecule has 61 heavy (non-hydrogen) atoms. The van der Waals surface area contributed by atoms with Crippen molar-refractivity contribution in [2.24, 2.45) is 7.05 Å². The SMILES string of the molecule is CCc1ccc2c(c1)c(=O)c(C(=O)Nc1ccc(Oc3ncnc4cc(OCC(=O)Nc5ccc6c(c5)C(=O)N(C5CCC(=O)NC5O)C6)c(OC)cc34)c(F)c1)c(C)n2C. The number of pyridine rings is 1. The van der Waals surface area contributed by atoms with Crippen molar-refractivity contribution in [3.63, 3.8) is 0 Å². The van der Waals surface area contributed by atoms with E-state index in [1.807, 2.05) is 19.1 Å². The predicted molar refractivity (Wildman–Crippen MR) is 221 cm³/mol. The fourth-order valence-corrected chi connectivity index (χ4v) is 7.65. The fourth-order valence-electron chi connectivity index (χ4n) is 7.65. The van der Waals surface area contributed by atoms with Crippen LogP contribution in [0.3, 0.4) is 0 Å². The van der Waals surface area contributed by atoms with E-state index in [0.717, 1.165) is 23.6 Å². The molecule has 1 fully saturated rings. The number of hydrogen-bond donors (Lipinski definition) is 4. The molecule has 6 aromatic rings. The van der Waals surface area contributed by atoms with Crippen LogP contribution in [-0.2, 0) is 29.6 Å². The van der Waals surface area contributed by atoms with Crippen LogP contribution in [0.2, 0.25) is 0 Å². The van der Waals surface area contributed by atoms with Crippen molar-refractivity contribution in [3.05, 3.63) is 117 Å². The molecule has 16 nitrogen and oxygen atoms in total. The molecule has 2 aliphatic heterocycles. The summed E-state index contributed by atoms with van der Waals surface area (Å²) in [6.45, 7) is 3.48. The van der Waals surface area contributed by atoms with Gasteiger partial charge in [-0.2, -0.15) is 0 Å². The number of piperidine rings is 1. The topological polar surface area (TPSA) is 203 Å². The molecule has 4 heterocycles. The first-order chi connectivity index (χ1) is 29.3. The number of nitrogens with zero attached hydrogens (tertiary/aromatic N) is 4. The van der Waals surface area contributed by atoms with Crippen LogP contribution < -0.4 is 35.6 Å². The third kappa shape index (κ3) is 7.78. The number of methoxy groups -OCH3 is 1. The lowest BCUT2D eigenvalue weighted by Gasteiger charge is -2.35. The Morgan fingerprint density at radius 3 is 2.49 bits per heavy atom. The van der Waals surface area contributed by atoms with Crippen molar-refractivity contribution in [3.8, 4) is 23.1 Å². The van der Waals surface area contributed by atoms with E-state index in [1.54, 1.807) is 42.8 Å². The first-order valence-electron chi connectivity index (χ1n) is 19.4. The van der Waals surface area contributed by atoms with Gasteiger partial charge in [0.2, 0.25) is 17.2 Å². The molecule has 17 heteroatoms. The lowest BCUT2D eigenvalue weighted by atomic mass is 10.0. The van der Waals surface area contributed by atoms with Crippen LogP contribution >= 0.6 is 0 Å². The molecule has 312 valence electrons. The van der Waals surface area contributed by atoms with Gasteiger partial charge in [0, 0.05) is 60.2 Å².